The third-order valence-corrected chi connectivity index (χ3v) is 4.25. The molecule has 0 saturated carbocycles. The lowest BCUT2D eigenvalue weighted by molar-refractivity contribution is 0.194. The molecule has 2 heterocycles. The summed E-state index contributed by atoms with van der Waals surface area (Å²) in [5, 5.41) is 7.34. The number of piperidine rings is 1. The van der Waals surface area contributed by atoms with Crippen molar-refractivity contribution in [1.82, 2.24) is 10.6 Å². The molecule has 2 N–H and O–H groups in total. The van der Waals surface area contributed by atoms with Crippen LogP contribution in [0, 0.1) is 11.8 Å². The number of hydrogen-bond acceptors (Lipinski definition) is 2. The van der Waals surface area contributed by atoms with E-state index in [4.69, 9.17) is 0 Å². The van der Waals surface area contributed by atoms with Gasteiger partial charge in [-0.25, -0.2) is 0 Å². The highest BCUT2D eigenvalue weighted by Gasteiger charge is 2.28. The van der Waals surface area contributed by atoms with Gasteiger partial charge in [-0.1, -0.05) is 26.2 Å². The minimum absolute atomic E-state index is 0.785. The SMILES string of the molecule is CC1CCNCC1C1CCCCCCN1. The van der Waals surface area contributed by atoms with Crippen molar-refractivity contribution in [2.45, 2.75) is 51.5 Å². The van der Waals surface area contributed by atoms with E-state index in [9.17, 15) is 0 Å². The van der Waals surface area contributed by atoms with Gasteiger partial charge in [0.2, 0.25) is 0 Å². The Morgan fingerprint density at radius 2 is 1.80 bits per heavy atom. The molecule has 88 valence electrons. The Morgan fingerprint density at radius 1 is 0.933 bits per heavy atom. The molecule has 2 nitrogen and oxygen atoms in total. The standard InChI is InChI=1S/C13H26N2/c1-11-7-9-14-10-12(11)13-6-4-2-3-5-8-15-13/h11-15H,2-10H2,1H3. The van der Waals surface area contributed by atoms with Gasteiger partial charge < -0.3 is 10.6 Å². The molecule has 2 aliphatic heterocycles. The van der Waals surface area contributed by atoms with Crippen LogP contribution in [0.1, 0.15) is 45.4 Å². The monoisotopic (exact) mass is 210 g/mol. The van der Waals surface area contributed by atoms with Gasteiger partial charge in [0.05, 0.1) is 0 Å². The van der Waals surface area contributed by atoms with Crippen LogP contribution in [-0.2, 0) is 0 Å². The minimum Gasteiger partial charge on any atom is -0.316 e. The van der Waals surface area contributed by atoms with E-state index < -0.39 is 0 Å². The van der Waals surface area contributed by atoms with E-state index in [2.05, 4.69) is 17.6 Å². The largest absolute Gasteiger partial charge is 0.316 e. The Morgan fingerprint density at radius 3 is 2.67 bits per heavy atom. The zero-order valence-electron chi connectivity index (χ0n) is 10.1. The topological polar surface area (TPSA) is 24.1 Å². The molecule has 2 heteroatoms. The van der Waals surface area contributed by atoms with Crippen LogP contribution in [0.25, 0.3) is 0 Å². The summed E-state index contributed by atoms with van der Waals surface area (Å²) in [6.45, 7) is 6.14. The quantitative estimate of drug-likeness (QED) is 0.693. The fourth-order valence-electron chi connectivity index (χ4n) is 3.15. The van der Waals surface area contributed by atoms with Crippen molar-refractivity contribution in [3.05, 3.63) is 0 Å². The van der Waals surface area contributed by atoms with Crippen molar-refractivity contribution in [2.75, 3.05) is 19.6 Å². The first-order valence-corrected chi connectivity index (χ1v) is 6.82. The summed E-state index contributed by atoms with van der Waals surface area (Å²) in [6.07, 6.45) is 8.45. The molecule has 2 rings (SSSR count). The fraction of sp³-hybridized carbons (Fsp3) is 1.00. The summed E-state index contributed by atoms with van der Waals surface area (Å²) in [7, 11) is 0. The second-order valence-corrected chi connectivity index (χ2v) is 5.40. The second-order valence-electron chi connectivity index (χ2n) is 5.40. The molecule has 0 amide bonds. The predicted molar refractivity (Wildman–Crippen MR) is 65.0 cm³/mol. The molecule has 0 aromatic carbocycles. The number of rotatable bonds is 1. The molecule has 0 aromatic rings. The van der Waals surface area contributed by atoms with Gasteiger partial charge in [0.15, 0.2) is 0 Å². The van der Waals surface area contributed by atoms with Gasteiger partial charge in [-0.05, 0) is 50.7 Å². The molecule has 15 heavy (non-hydrogen) atoms. The van der Waals surface area contributed by atoms with E-state index in [0.29, 0.717) is 0 Å². The zero-order valence-corrected chi connectivity index (χ0v) is 10.1. The van der Waals surface area contributed by atoms with Crippen LogP contribution in [0.4, 0.5) is 0 Å². The summed E-state index contributed by atoms with van der Waals surface area (Å²) in [4.78, 5) is 0. The highest BCUT2D eigenvalue weighted by molar-refractivity contribution is 4.85. The van der Waals surface area contributed by atoms with Crippen molar-refractivity contribution in [2.24, 2.45) is 11.8 Å². The predicted octanol–water partition coefficient (Wildman–Crippen LogP) is 2.15. The van der Waals surface area contributed by atoms with Crippen LogP contribution < -0.4 is 10.6 Å². The molecule has 3 atom stereocenters. The number of nitrogens with one attached hydrogen (secondary N) is 2. The normalized spacial score (nSPS) is 39.4. The smallest absolute Gasteiger partial charge is 0.0110 e. The molecule has 0 aliphatic carbocycles. The second kappa shape index (κ2) is 5.86. The van der Waals surface area contributed by atoms with Gasteiger partial charge in [0.1, 0.15) is 0 Å². The first-order valence-electron chi connectivity index (χ1n) is 6.82. The third-order valence-electron chi connectivity index (χ3n) is 4.25. The van der Waals surface area contributed by atoms with Crippen molar-refractivity contribution < 1.29 is 0 Å². The molecular formula is C13H26N2. The van der Waals surface area contributed by atoms with Crippen LogP contribution in [0.3, 0.4) is 0 Å². The van der Waals surface area contributed by atoms with Gasteiger partial charge in [0, 0.05) is 6.04 Å². The van der Waals surface area contributed by atoms with Crippen LogP contribution in [0.2, 0.25) is 0 Å². The lowest BCUT2D eigenvalue weighted by atomic mass is 9.80. The summed E-state index contributed by atoms with van der Waals surface area (Å²) < 4.78 is 0. The molecule has 2 aliphatic rings. The Hall–Kier alpha value is -0.0800. The average molecular weight is 210 g/mol. The number of hydrogen-bond donors (Lipinski definition) is 2. The van der Waals surface area contributed by atoms with Crippen LogP contribution in [-0.4, -0.2) is 25.7 Å². The van der Waals surface area contributed by atoms with Gasteiger partial charge in [0.25, 0.3) is 0 Å². The van der Waals surface area contributed by atoms with E-state index in [1.807, 2.05) is 0 Å². The maximum Gasteiger partial charge on any atom is 0.0110 e. The molecule has 3 unspecified atom stereocenters. The van der Waals surface area contributed by atoms with Crippen molar-refractivity contribution in [1.29, 1.82) is 0 Å². The van der Waals surface area contributed by atoms with Crippen molar-refractivity contribution in [3.63, 3.8) is 0 Å². The average Bonchev–Trinajstić information content (AvgIpc) is 2.19. The Kier molecular flexibility index (Phi) is 4.45. The third kappa shape index (κ3) is 3.18. The highest BCUT2D eigenvalue weighted by Crippen LogP contribution is 2.25. The van der Waals surface area contributed by atoms with Gasteiger partial charge in [-0.3, -0.25) is 0 Å². The molecule has 0 spiro atoms. The minimum atomic E-state index is 0.785. The van der Waals surface area contributed by atoms with Gasteiger partial charge in [-0.15, -0.1) is 0 Å². The fourth-order valence-corrected chi connectivity index (χ4v) is 3.15. The molecule has 0 radical (unpaired) electrons. The molecular weight excluding hydrogens is 184 g/mol. The Balaban J connectivity index is 1.87. The Labute approximate surface area is 94.2 Å². The van der Waals surface area contributed by atoms with Gasteiger partial charge >= 0.3 is 0 Å². The first kappa shape index (κ1) is 11.4. The molecule has 0 bridgehead atoms. The Bertz CT molecular complexity index is 173. The van der Waals surface area contributed by atoms with E-state index >= 15 is 0 Å². The van der Waals surface area contributed by atoms with Crippen LogP contribution >= 0.6 is 0 Å². The summed E-state index contributed by atoms with van der Waals surface area (Å²) in [5.41, 5.74) is 0. The zero-order chi connectivity index (χ0) is 10.5. The molecule has 2 saturated heterocycles. The molecule has 0 aromatic heterocycles. The summed E-state index contributed by atoms with van der Waals surface area (Å²) in [5.74, 6) is 1.78. The van der Waals surface area contributed by atoms with E-state index in [0.717, 1.165) is 17.9 Å². The van der Waals surface area contributed by atoms with Crippen LogP contribution in [0.15, 0.2) is 0 Å². The van der Waals surface area contributed by atoms with Crippen molar-refractivity contribution >= 4 is 0 Å². The summed E-state index contributed by atoms with van der Waals surface area (Å²) >= 11 is 0. The highest BCUT2D eigenvalue weighted by atomic mass is 15.0. The van der Waals surface area contributed by atoms with Crippen LogP contribution in [0.5, 0.6) is 0 Å². The lowest BCUT2D eigenvalue weighted by Gasteiger charge is -2.37. The van der Waals surface area contributed by atoms with Crippen molar-refractivity contribution in [3.8, 4) is 0 Å². The summed E-state index contributed by atoms with van der Waals surface area (Å²) in [6, 6.07) is 0.785. The first-order chi connectivity index (χ1) is 7.38. The maximum atomic E-state index is 3.78. The lowest BCUT2D eigenvalue weighted by Crippen LogP contribution is -2.48. The van der Waals surface area contributed by atoms with E-state index in [-0.39, 0.29) is 0 Å². The van der Waals surface area contributed by atoms with Gasteiger partial charge in [-0.2, -0.15) is 0 Å². The molecule has 2 fully saturated rings. The van der Waals surface area contributed by atoms with E-state index in [1.165, 1.54) is 58.2 Å². The van der Waals surface area contributed by atoms with E-state index in [1.54, 1.807) is 0 Å². The maximum absolute atomic E-state index is 3.78.